The van der Waals surface area contributed by atoms with Crippen LogP contribution in [0, 0.1) is 0 Å². The largest absolute Gasteiger partial charge is 0.309 e. The molecule has 0 unspecified atom stereocenters. The molecule has 7 aromatic carbocycles. The molecule has 0 spiro atoms. The van der Waals surface area contributed by atoms with Gasteiger partial charge in [0.05, 0.1) is 44.6 Å². The number of hydrogen-bond acceptors (Lipinski definition) is 2. The third-order valence-electron chi connectivity index (χ3n) is 9.84. The molecule has 1 aliphatic heterocycles. The summed E-state index contributed by atoms with van der Waals surface area (Å²) in [5.41, 5.74) is 9.29. The second-order valence-corrected chi connectivity index (χ2v) is 12.5. The predicted molar refractivity (Wildman–Crippen MR) is 198 cm³/mol. The number of amides is 2. The number of fused-ring (bicyclic) bond motifs is 7. The van der Waals surface area contributed by atoms with Crippen molar-refractivity contribution in [3.8, 4) is 22.5 Å². The van der Waals surface area contributed by atoms with Crippen molar-refractivity contribution in [2.75, 3.05) is 4.90 Å². The molecule has 9 aromatic rings. The van der Waals surface area contributed by atoms with Crippen LogP contribution in [0.1, 0.15) is 20.7 Å². The van der Waals surface area contributed by atoms with Gasteiger partial charge in [0.2, 0.25) is 0 Å². The first kappa shape index (κ1) is 27.4. The smallest absolute Gasteiger partial charge is 0.268 e. The molecule has 2 aromatic heterocycles. The van der Waals surface area contributed by atoms with Gasteiger partial charge in [0.15, 0.2) is 0 Å². The van der Waals surface area contributed by atoms with E-state index in [1.807, 2.05) is 78.9 Å². The zero-order valence-electron chi connectivity index (χ0n) is 26.2. The molecule has 1 aliphatic rings. The highest BCUT2D eigenvalue weighted by Crippen LogP contribution is 2.40. The molecule has 3 heterocycles. The maximum absolute atomic E-state index is 14.4. The van der Waals surface area contributed by atoms with E-state index in [1.165, 1.54) is 15.7 Å². The monoisotopic (exact) mass is 629 g/mol. The van der Waals surface area contributed by atoms with Crippen molar-refractivity contribution in [3.63, 3.8) is 0 Å². The molecule has 0 fully saturated rings. The van der Waals surface area contributed by atoms with Crippen LogP contribution in [0.2, 0.25) is 0 Å². The number of anilines is 1. The lowest BCUT2D eigenvalue weighted by molar-refractivity contribution is 0.0926. The van der Waals surface area contributed by atoms with E-state index in [9.17, 15) is 9.59 Å². The molecule has 5 nitrogen and oxygen atoms in total. The summed E-state index contributed by atoms with van der Waals surface area (Å²) in [6.07, 6.45) is 0. The van der Waals surface area contributed by atoms with Gasteiger partial charge in [-0.15, -0.1) is 0 Å². The van der Waals surface area contributed by atoms with Crippen molar-refractivity contribution < 1.29 is 9.59 Å². The first-order valence-corrected chi connectivity index (χ1v) is 16.4. The molecular weight excluding hydrogens is 603 g/mol. The molecule has 0 bridgehead atoms. The first-order valence-electron chi connectivity index (χ1n) is 16.4. The Morgan fingerprint density at radius 1 is 0.367 bits per heavy atom. The van der Waals surface area contributed by atoms with E-state index in [0.717, 1.165) is 49.7 Å². The number of hydrogen-bond donors (Lipinski definition) is 0. The standard InChI is InChI=1S/C44H27N3O2/c48-43-35-19-11-23-41(42(35)44(49)46(43)30-15-10-14-29(26-30)28-12-2-1-3-13-28)47-39-22-9-6-18-34(39)36-27-31(24-25-40(36)47)45-37-20-7-4-16-32(37)33-17-5-8-21-38(33)45/h1-27H. The van der Waals surface area contributed by atoms with Gasteiger partial charge in [-0.2, -0.15) is 0 Å². The third-order valence-corrected chi connectivity index (χ3v) is 9.84. The molecule has 10 rings (SSSR count). The van der Waals surface area contributed by atoms with Crippen molar-refractivity contribution in [1.29, 1.82) is 0 Å². The zero-order chi connectivity index (χ0) is 32.6. The predicted octanol–water partition coefficient (Wildman–Crippen LogP) is 10.3. The molecule has 230 valence electrons. The Hall–Kier alpha value is -6.72. The van der Waals surface area contributed by atoms with E-state index in [2.05, 4.69) is 88.0 Å². The van der Waals surface area contributed by atoms with Gasteiger partial charge in [-0.1, -0.05) is 103 Å². The van der Waals surface area contributed by atoms with Gasteiger partial charge in [0, 0.05) is 27.2 Å². The van der Waals surface area contributed by atoms with Crippen LogP contribution in [-0.2, 0) is 0 Å². The summed E-state index contributed by atoms with van der Waals surface area (Å²) in [6, 6.07) is 55.0. The summed E-state index contributed by atoms with van der Waals surface area (Å²) >= 11 is 0. The summed E-state index contributed by atoms with van der Waals surface area (Å²) in [6.45, 7) is 0. The van der Waals surface area contributed by atoms with Crippen LogP contribution in [0.25, 0.3) is 66.1 Å². The lowest BCUT2D eigenvalue weighted by Crippen LogP contribution is -2.29. The fraction of sp³-hybridized carbons (Fsp3) is 0. The number of imide groups is 1. The number of carbonyl (C=O) groups excluding carboxylic acids is 2. The molecule has 0 aliphatic carbocycles. The van der Waals surface area contributed by atoms with Crippen molar-refractivity contribution in [2.45, 2.75) is 0 Å². The lowest BCUT2D eigenvalue weighted by atomic mass is 10.0. The molecule has 0 saturated heterocycles. The highest BCUT2D eigenvalue weighted by atomic mass is 16.2. The topological polar surface area (TPSA) is 47.2 Å². The van der Waals surface area contributed by atoms with Crippen LogP contribution in [0.3, 0.4) is 0 Å². The second-order valence-electron chi connectivity index (χ2n) is 12.5. The van der Waals surface area contributed by atoms with Crippen LogP contribution in [0.15, 0.2) is 164 Å². The minimum atomic E-state index is -0.325. The van der Waals surface area contributed by atoms with Crippen LogP contribution in [0.5, 0.6) is 0 Å². The van der Waals surface area contributed by atoms with Gasteiger partial charge in [0.25, 0.3) is 11.8 Å². The Morgan fingerprint density at radius 2 is 0.939 bits per heavy atom. The average Bonchev–Trinajstić information content (AvgIpc) is 3.76. The van der Waals surface area contributed by atoms with Crippen LogP contribution in [-0.4, -0.2) is 20.9 Å². The number of nitrogens with zero attached hydrogens (tertiary/aromatic N) is 3. The Bertz CT molecular complexity index is 2770. The zero-order valence-corrected chi connectivity index (χ0v) is 26.2. The Labute approximate surface area is 281 Å². The second kappa shape index (κ2) is 10.4. The number of carbonyl (C=O) groups is 2. The van der Waals surface area contributed by atoms with E-state index in [1.54, 1.807) is 6.07 Å². The highest BCUT2D eigenvalue weighted by Gasteiger charge is 2.39. The molecule has 5 heteroatoms. The first-order chi connectivity index (χ1) is 24.2. The molecular formula is C44H27N3O2. The Morgan fingerprint density at radius 3 is 1.65 bits per heavy atom. The van der Waals surface area contributed by atoms with Crippen LogP contribution < -0.4 is 4.90 Å². The van der Waals surface area contributed by atoms with Gasteiger partial charge in [-0.05, 0) is 71.8 Å². The molecule has 2 amide bonds. The van der Waals surface area contributed by atoms with Crippen molar-refractivity contribution >= 4 is 61.1 Å². The fourth-order valence-electron chi connectivity index (χ4n) is 7.70. The van der Waals surface area contributed by atoms with Crippen molar-refractivity contribution in [2.24, 2.45) is 0 Å². The average molecular weight is 630 g/mol. The quantitative estimate of drug-likeness (QED) is 0.182. The lowest BCUT2D eigenvalue weighted by Gasteiger charge is -2.16. The number of rotatable bonds is 4. The maximum atomic E-state index is 14.4. The number of benzene rings is 7. The summed E-state index contributed by atoms with van der Waals surface area (Å²) in [5, 5.41) is 4.56. The van der Waals surface area contributed by atoms with Gasteiger partial charge in [-0.25, -0.2) is 4.90 Å². The van der Waals surface area contributed by atoms with E-state index in [4.69, 9.17) is 0 Å². The van der Waals surface area contributed by atoms with E-state index < -0.39 is 0 Å². The highest BCUT2D eigenvalue weighted by molar-refractivity contribution is 6.36. The normalized spacial score (nSPS) is 12.9. The molecule has 0 saturated carbocycles. The molecule has 49 heavy (non-hydrogen) atoms. The maximum Gasteiger partial charge on any atom is 0.268 e. The van der Waals surface area contributed by atoms with Crippen LogP contribution in [0.4, 0.5) is 5.69 Å². The summed E-state index contributed by atoms with van der Waals surface area (Å²) in [4.78, 5) is 29.7. The molecule has 0 N–H and O–H groups in total. The molecule has 0 radical (unpaired) electrons. The summed E-state index contributed by atoms with van der Waals surface area (Å²) in [5.74, 6) is -0.643. The summed E-state index contributed by atoms with van der Waals surface area (Å²) in [7, 11) is 0. The van der Waals surface area contributed by atoms with Gasteiger partial charge >= 0.3 is 0 Å². The van der Waals surface area contributed by atoms with E-state index >= 15 is 0 Å². The summed E-state index contributed by atoms with van der Waals surface area (Å²) < 4.78 is 4.45. The fourth-order valence-corrected chi connectivity index (χ4v) is 7.70. The van der Waals surface area contributed by atoms with Crippen LogP contribution >= 0.6 is 0 Å². The van der Waals surface area contributed by atoms with Gasteiger partial charge < -0.3 is 9.13 Å². The molecule has 0 atom stereocenters. The Kier molecular flexibility index (Phi) is 5.81. The van der Waals surface area contributed by atoms with Crippen molar-refractivity contribution in [3.05, 3.63) is 175 Å². The number of aromatic nitrogens is 2. The van der Waals surface area contributed by atoms with E-state index in [-0.39, 0.29) is 11.8 Å². The SMILES string of the molecule is O=C1c2cccc(-n3c4ccccc4c4cc(-n5c6ccccc6c6ccccc65)ccc43)c2C(=O)N1c1cccc(-c2ccccc2)c1. The van der Waals surface area contributed by atoms with E-state index in [0.29, 0.717) is 22.5 Å². The van der Waals surface area contributed by atoms with Gasteiger partial charge in [0.1, 0.15) is 0 Å². The minimum absolute atomic E-state index is 0.318. The Balaban J connectivity index is 1.16. The third kappa shape index (κ3) is 3.93. The van der Waals surface area contributed by atoms with Gasteiger partial charge in [-0.3, -0.25) is 9.59 Å². The minimum Gasteiger partial charge on any atom is -0.309 e. The number of para-hydroxylation sites is 3. The van der Waals surface area contributed by atoms with Crippen molar-refractivity contribution in [1.82, 2.24) is 9.13 Å².